The monoisotopic (exact) mass is 257 g/mol. The highest BCUT2D eigenvalue weighted by Crippen LogP contribution is 2.27. The Morgan fingerprint density at radius 3 is 2.11 bits per heavy atom. The molecule has 0 radical (unpaired) electrons. The lowest BCUT2D eigenvalue weighted by molar-refractivity contribution is 1.46. The lowest BCUT2D eigenvalue weighted by Gasteiger charge is -2.04. The van der Waals surface area contributed by atoms with Crippen LogP contribution in [0.4, 0.5) is 0 Å². The van der Waals surface area contributed by atoms with Gasteiger partial charge in [0.25, 0.3) is 0 Å². The van der Waals surface area contributed by atoms with E-state index < -0.39 is 0 Å². The van der Waals surface area contributed by atoms with E-state index in [4.69, 9.17) is 0 Å². The normalized spacial score (nSPS) is 10.9. The molecule has 0 saturated heterocycles. The van der Waals surface area contributed by atoms with E-state index in [2.05, 4.69) is 67.8 Å². The average Bonchev–Trinajstić information content (AvgIpc) is 2.39. The predicted octanol–water partition coefficient (Wildman–Crippen LogP) is 5.02. The number of hydrogen-bond donors (Lipinski definition) is 1. The molecule has 0 aliphatic carbocycles. The van der Waals surface area contributed by atoms with Crippen LogP contribution in [-0.4, -0.2) is 6.26 Å². The third-order valence-corrected chi connectivity index (χ3v) is 3.45. The molecule has 0 aliphatic heterocycles. The Bertz CT molecular complexity index is 500. The van der Waals surface area contributed by atoms with Gasteiger partial charge in [-0.3, -0.25) is 0 Å². The first-order valence-corrected chi connectivity index (χ1v) is 6.90. The van der Waals surface area contributed by atoms with E-state index >= 15 is 0 Å². The van der Waals surface area contributed by atoms with Gasteiger partial charge in [0.2, 0.25) is 0 Å². The van der Waals surface area contributed by atoms with Crippen LogP contribution < -0.4 is 6.15 Å². The van der Waals surface area contributed by atoms with Gasteiger partial charge in [-0.2, -0.15) is 0 Å². The zero-order chi connectivity index (χ0) is 12.1. The molecular weight excluding hydrogens is 238 g/mol. The first-order chi connectivity index (χ1) is 8.29. The second-order valence-corrected chi connectivity index (χ2v) is 4.84. The molecule has 0 heterocycles. The van der Waals surface area contributed by atoms with Gasteiger partial charge in [0.1, 0.15) is 0 Å². The first kappa shape index (κ1) is 14.6. The van der Waals surface area contributed by atoms with Gasteiger partial charge in [-0.05, 0) is 30.4 Å². The highest BCUT2D eigenvalue weighted by Gasteiger charge is 1.99. The third-order valence-electron chi connectivity index (χ3n) is 2.65. The molecule has 0 aliphatic rings. The van der Waals surface area contributed by atoms with Gasteiger partial charge < -0.3 is 6.15 Å². The minimum Gasteiger partial charge on any atom is -0.344 e. The van der Waals surface area contributed by atoms with Crippen molar-refractivity contribution in [2.75, 3.05) is 6.26 Å². The topological polar surface area (TPSA) is 35.0 Å². The maximum atomic E-state index is 2.24. The van der Waals surface area contributed by atoms with Crippen molar-refractivity contribution in [3.8, 4) is 0 Å². The molecule has 0 atom stereocenters. The molecule has 2 rings (SSSR count). The summed E-state index contributed by atoms with van der Waals surface area (Å²) in [6.45, 7) is 2.11. The molecule has 18 heavy (non-hydrogen) atoms. The Labute approximate surface area is 114 Å². The smallest absolute Gasteiger partial charge is 0.0148 e. The Morgan fingerprint density at radius 1 is 0.944 bits per heavy atom. The third kappa shape index (κ3) is 3.76. The van der Waals surface area contributed by atoms with E-state index in [0.717, 1.165) is 0 Å². The lowest BCUT2D eigenvalue weighted by Crippen LogP contribution is -1.80. The maximum absolute atomic E-state index is 2.24. The van der Waals surface area contributed by atoms with Crippen molar-refractivity contribution in [2.45, 2.75) is 6.92 Å². The summed E-state index contributed by atoms with van der Waals surface area (Å²) in [5, 5.41) is 0. The number of aryl methyl sites for hydroxylation is 1. The Kier molecular flexibility index (Phi) is 5.69. The van der Waals surface area contributed by atoms with Gasteiger partial charge in [-0.15, -0.1) is 11.8 Å². The van der Waals surface area contributed by atoms with Gasteiger partial charge in [0.15, 0.2) is 0 Å². The highest BCUT2D eigenvalue weighted by atomic mass is 32.2. The van der Waals surface area contributed by atoms with Crippen molar-refractivity contribution in [3.63, 3.8) is 0 Å². The summed E-state index contributed by atoms with van der Waals surface area (Å²) in [6.07, 6.45) is 4.35. The van der Waals surface area contributed by atoms with Gasteiger partial charge in [0.05, 0.1) is 0 Å². The summed E-state index contributed by atoms with van der Waals surface area (Å²) in [4.78, 5) is 1.30. The summed E-state index contributed by atoms with van der Waals surface area (Å²) in [5.41, 5.74) is 3.83. The second kappa shape index (κ2) is 7.04. The molecule has 0 amide bonds. The number of benzene rings is 2. The molecule has 0 bridgehead atoms. The van der Waals surface area contributed by atoms with E-state index in [0.29, 0.717) is 0 Å². The zero-order valence-electron chi connectivity index (χ0n) is 10.9. The number of hydrogen-bond acceptors (Lipinski definition) is 2. The minimum absolute atomic E-state index is 0. The fraction of sp³-hybridized carbons (Fsp3) is 0.125. The Morgan fingerprint density at radius 2 is 1.56 bits per heavy atom. The fourth-order valence-corrected chi connectivity index (χ4v) is 2.30. The molecule has 0 fully saturated rings. The first-order valence-electron chi connectivity index (χ1n) is 5.67. The molecule has 1 nitrogen and oxygen atoms in total. The van der Waals surface area contributed by atoms with Crippen LogP contribution in [-0.2, 0) is 0 Å². The molecule has 2 heteroatoms. The van der Waals surface area contributed by atoms with Crippen molar-refractivity contribution >= 4 is 22.7 Å². The van der Waals surface area contributed by atoms with Gasteiger partial charge in [-0.1, -0.05) is 60.2 Å². The summed E-state index contributed by atoms with van der Waals surface area (Å²) >= 11 is 1.78. The van der Waals surface area contributed by atoms with Crippen LogP contribution in [0.15, 0.2) is 54.6 Å². The molecule has 0 unspecified atom stereocenters. The van der Waals surface area contributed by atoms with Crippen molar-refractivity contribution in [1.29, 1.82) is 0 Å². The zero-order valence-corrected chi connectivity index (χ0v) is 11.7. The fourth-order valence-electron chi connectivity index (χ4n) is 1.68. The average molecular weight is 257 g/mol. The van der Waals surface area contributed by atoms with Crippen LogP contribution in [0.25, 0.3) is 11.0 Å². The SMILES string of the molecule is CS/C(=C/c1ccc(C)cc1)c1ccccc1.N. The van der Waals surface area contributed by atoms with Crippen LogP contribution >= 0.6 is 11.8 Å². The van der Waals surface area contributed by atoms with Gasteiger partial charge in [0, 0.05) is 4.91 Å². The van der Waals surface area contributed by atoms with Crippen molar-refractivity contribution in [3.05, 3.63) is 71.3 Å². The largest absolute Gasteiger partial charge is 0.344 e. The van der Waals surface area contributed by atoms with E-state index in [1.165, 1.54) is 21.6 Å². The molecule has 3 N–H and O–H groups in total. The maximum Gasteiger partial charge on any atom is 0.0148 e. The summed E-state index contributed by atoms with van der Waals surface area (Å²) < 4.78 is 0. The summed E-state index contributed by atoms with van der Waals surface area (Å²) in [5.74, 6) is 0. The highest BCUT2D eigenvalue weighted by molar-refractivity contribution is 8.07. The molecule has 0 saturated carbocycles. The van der Waals surface area contributed by atoms with Gasteiger partial charge in [-0.25, -0.2) is 0 Å². The van der Waals surface area contributed by atoms with E-state index in [1.54, 1.807) is 11.8 Å². The number of rotatable bonds is 3. The van der Waals surface area contributed by atoms with Gasteiger partial charge >= 0.3 is 0 Å². The molecule has 94 valence electrons. The van der Waals surface area contributed by atoms with Crippen molar-refractivity contribution in [2.24, 2.45) is 0 Å². The molecule has 2 aromatic carbocycles. The molecular formula is C16H19NS. The van der Waals surface area contributed by atoms with Crippen LogP contribution in [0.2, 0.25) is 0 Å². The van der Waals surface area contributed by atoms with Crippen molar-refractivity contribution in [1.82, 2.24) is 6.15 Å². The van der Waals surface area contributed by atoms with Crippen LogP contribution in [0.5, 0.6) is 0 Å². The standard InChI is InChI=1S/C16H16S.H3N/c1-13-8-10-14(11-9-13)12-16(17-2)15-6-4-3-5-7-15;/h3-12H,1-2H3;1H3/b16-12+;. The predicted molar refractivity (Wildman–Crippen MR) is 84.0 cm³/mol. The lowest BCUT2D eigenvalue weighted by atomic mass is 10.1. The van der Waals surface area contributed by atoms with E-state index in [9.17, 15) is 0 Å². The van der Waals surface area contributed by atoms with E-state index in [-0.39, 0.29) is 6.15 Å². The Hall–Kier alpha value is -1.51. The Balaban J connectivity index is 0.00000162. The summed E-state index contributed by atoms with van der Waals surface area (Å²) in [7, 11) is 0. The quantitative estimate of drug-likeness (QED) is 0.784. The van der Waals surface area contributed by atoms with Crippen LogP contribution in [0, 0.1) is 6.92 Å². The second-order valence-electron chi connectivity index (χ2n) is 3.99. The van der Waals surface area contributed by atoms with Crippen LogP contribution in [0.1, 0.15) is 16.7 Å². The van der Waals surface area contributed by atoms with Crippen LogP contribution in [0.3, 0.4) is 0 Å². The molecule has 2 aromatic rings. The van der Waals surface area contributed by atoms with Crippen molar-refractivity contribution < 1.29 is 0 Å². The molecule has 0 spiro atoms. The molecule has 0 aromatic heterocycles. The number of thioether (sulfide) groups is 1. The summed E-state index contributed by atoms with van der Waals surface area (Å²) in [6, 6.07) is 19.1. The van der Waals surface area contributed by atoms with E-state index in [1.807, 2.05) is 6.07 Å². The minimum atomic E-state index is 0.